The van der Waals surface area contributed by atoms with Crippen LogP contribution in [0.5, 0.6) is 5.75 Å². The number of nitrogens with one attached hydrogen (secondary N) is 1. The summed E-state index contributed by atoms with van der Waals surface area (Å²) >= 11 is 0. The van der Waals surface area contributed by atoms with Gasteiger partial charge in [0.2, 0.25) is 0 Å². The number of aryl methyl sites for hydroxylation is 1. The minimum atomic E-state index is -0.441. The lowest BCUT2D eigenvalue weighted by Gasteiger charge is -2.37. The summed E-state index contributed by atoms with van der Waals surface area (Å²) in [6.07, 6.45) is 8.23. The predicted octanol–water partition coefficient (Wildman–Crippen LogP) is 4.75. The quantitative estimate of drug-likeness (QED) is 0.335. The van der Waals surface area contributed by atoms with Gasteiger partial charge >= 0.3 is 0 Å². The van der Waals surface area contributed by atoms with Crippen molar-refractivity contribution >= 4 is 22.5 Å². The van der Waals surface area contributed by atoms with Gasteiger partial charge in [-0.25, -0.2) is 9.50 Å². The lowest BCUT2D eigenvalue weighted by atomic mass is 9.93. The standard InChI is InChI=1S/C31H30N6O2/c1-20-5-7-24(39-18-23-9-13-36(23)2)16-26(20)30(38)35-31(10-11-31)27-14-22(15-28-25(27)4-3-12-32-28)21-6-8-29-33-19-34-37(29)17-21/h3-8,12,14-17,19,23H,9-11,13,18H2,1-2H3,(H,35,38). The molecule has 39 heavy (non-hydrogen) atoms. The Morgan fingerprint density at radius 3 is 2.79 bits per heavy atom. The molecule has 4 heterocycles. The summed E-state index contributed by atoms with van der Waals surface area (Å²) in [4.78, 5) is 24.9. The van der Waals surface area contributed by atoms with E-state index in [0.717, 1.165) is 70.4 Å². The van der Waals surface area contributed by atoms with Crippen molar-refractivity contribution in [2.24, 2.45) is 0 Å². The second-order valence-electron chi connectivity index (χ2n) is 10.8. The number of likely N-dealkylation sites (tertiary alicyclic amines) is 1. The highest BCUT2D eigenvalue weighted by atomic mass is 16.5. The van der Waals surface area contributed by atoms with Crippen molar-refractivity contribution in [1.29, 1.82) is 0 Å². The molecule has 0 bridgehead atoms. The third-order valence-corrected chi connectivity index (χ3v) is 8.28. The van der Waals surface area contributed by atoms with E-state index in [1.54, 1.807) is 10.8 Å². The Labute approximate surface area is 226 Å². The fourth-order valence-corrected chi connectivity index (χ4v) is 5.51. The molecule has 0 spiro atoms. The number of pyridine rings is 2. The Hall–Kier alpha value is -4.30. The number of hydrogen-bond donors (Lipinski definition) is 1. The van der Waals surface area contributed by atoms with Gasteiger partial charge in [-0.1, -0.05) is 12.1 Å². The van der Waals surface area contributed by atoms with Crippen molar-refractivity contribution in [2.75, 3.05) is 20.2 Å². The summed E-state index contributed by atoms with van der Waals surface area (Å²) in [7, 11) is 2.11. The average molecular weight is 519 g/mol. The number of nitrogens with zero attached hydrogens (tertiary/aromatic N) is 5. The van der Waals surface area contributed by atoms with Gasteiger partial charge in [0.25, 0.3) is 5.91 Å². The Kier molecular flexibility index (Phi) is 5.59. The van der Waals surface area contributed by atoms with E-state index in [2.05, 4.69) is 50.5 Å². The van der Waals surface area contributed by atoms with E-state index < -0.39 is 5.54 Å². The Bertz CT molecular complexity index is 1720. The molecule has 2 aliphatic rings. The Morgan fingerprint density at radius 1 is 1.10 bits per heavy atom. The number of rotatable bonds is 7. The molecule has 196 valence electrons. The molecule has 1 amide bonds. The summed E-state index contributed by atoms with van der Waals surface area (Å²) in [6, 6.07) is 18.6. The first-order valence-corrected chi connectivity index (χ1v) is 13.4. The van der Waals surface area contributed by atoms with Gasteiger partial charge in [-0.3, -0.25) is 14.7 Å². The third-order valence-electron chi connectivity index (χ3n) is 8.28. The van der Waals surface area contributed by atoms with E-state index in [1.807, 2.05) is 55.7 Å². The first-order valence-electron chi connectivity index (χ1n) is 13.4. The van der Waals surface area contributed by atoms with Crippen LogP contribution in [0.15, 0.2) is 73.3 Å². The first kappa shape index (κ1) is 23.8. The summed E-state index contributed by atoms with van der Waals surface area (Å²) in [6.45, 7) is 3.72. The number of carbonyl (C=O) groups is 1. The van der Waals surface area contributed by atoms with Crippen molar-refractivity contribution < 1.29 is 9.53 Å². The van der Waals surface area contributed by atoms with E-state index >= 15 is 0 Å². The van der Waals surface area contributed by atoms with Gasteiger partial charge < -0.3 is 10.1 Å². The highest BCUT2D eigenvalue weighted by Gasteiger charge is 2.47. The number of amides is 1. The molecular formula is C31H30N6O2. The largest absolute Gasteiger partial charge is 0.492 e. The second kappa shape index (κ2) is 9.17. The maximum atomic E-state index is 13.7. The van der Waals surface area contributed by atoms with Gasteiger partial charge in [-0.05, 0) is 98.9 Å². The summed E-state index contributed by atoms with van der Waals surface area (Å²) in [5, 5.41) is 8.75. The molecular weight excluding hydrogens is 488 g/mol. The lowest BCUT2D eigenvalue weighted by Crippen LogP contribution is -2.48. The van der Waals surface area contributed by atoms with Crippen molar-refractivity contribution in [2.45, 2.75) is 37.8 Å². The zero-order valence-corrected chi connectivity index (χ0v) is 22.1. The number of ether oxygens (including phenoxy) is 1. The molecule has 5 aromatic rings. The summed E-state index contributed by atoms with van der Waals surface area (Å²) in [5.41, 5.74) is 5.97. The van der Waals surface area contributed by atoms with Gasteiger partial charge in [0.05, 0.1) is 11.1 Å². The minimum absolute atomic E-state index is 0.0808. The molecule has 1 atom stereocenters. The molecule has 8 nitrogen and oxygen atoms in total. The molecule has 2 fully saturated rings. The predicted molar refractivity (Wildman–Crippen MR) is 150 cm³/mol. The molecule has 7 rings (SSSR count). The zero-order valence-electron chi connectivity index (χ0n) is 22.1. The number of likely N-dealkylation sites (N-methyl/N-ethyl adjacent to an activating group) is 1. The van der Waals surface area contributed by atoms with Crippen LogP contribution in [0.1, 0.15) is 40.7 Å². The van der Waals surface area contributed by atoms with E-state index in [1.165, 1.54) is 0 Å². The number of carbonyl (C=O) groups excluding carboxylic acids is 1. The smallest absolute Gasteiger partial charge is 0.252 e. The van der Waals surface area contributed by atoms with Crippen LogP contribution in [0, 0.1) is 6.92 Å². The van der Waals surface area contributed by atoms with Gasteiger partial charge in [-0.15, -0.1) is 0 Å². The van der Waals surface area contributed by atoms with Gasteiger partial charge in [-0.2, -0.15) is 5.10 Å². The van der Waals surface area contributed by atoms with Crippen molar-refractivity contribution in [1.82, 2.24) is 29.8 Å². The number of hydrogen-bond acceptors (Lipinski definition) is 6. The summed E-state index contributed by atoms with van der Waals surface area (Å²) in [5.74, 6) is 0.652. The molecule has 1 N–H and O–H groups in total. The molecule has 1 unspecified atom stereocenters. The maximum absolute atomic E-state index is 13.7. The molecule has 0 radical (unpaired) electrons. The number of fused-ring (bicyclic) bond motifs is 2. The fourth-order valence-electron chi connectivity index (χ4n) is 5.51. The van der Waals surface area contributed by atoms with E-state index in [4.69, 9.17) is 4.74 Å². The number of benzene rings is 2. The Balaban J connectivity index is 1.21. The molecule has 1 aliphatic heterocycles. The van der Waals surface area contributed by atoms with E-state index in [0.29, 0.717) is 18.2 Å². The SMILES string of the molecule is Cc1ccc(OCC2CCN2C)cc1C(=O)NC1(c2cc(-c3ccc4ncnn4c3)cc3ncccc23)CC1. The highest BCUT2D eigenvalue weighted by Crippen LogP contribution is 2.49. The van der Waals surface area contributed by atoms with Crippen LogP contribution in [-0.2, 0) is 5.54 Å². The van der Waals surface area contributed by atoms with Crippen LogP contribution in [0.4, 0.5) is 0 Å². The minimum Gasteiger partial charge on any atom is -0.492 e. The molecule has 1 saturated carbocycles. The fraction of sp³-hybridized carbons (Fsp3) is 0.290. The van der Waals surface area contributed by atoms with Crippen LogP contribution in [0.25, 0.3) is 27.7 Å². The third kappa shape index (κ3) is 4.30. The van der Waals surface area contributed by atoms with Crippen molar-refractivity contribution in [3.63, 3.8) is 0 Å². The molecule has 1 aliphatic carbocycles. The van der Waals surface area contributed by atoms with E-state index in [-0.39, 0.29) is 5.91 Å². The average Bonchev–Trinajstić information content (AvgIpc) is 3.57. The van der Waals surface area contributed by atoms with Crippen molar-refractivity contribution in [3.05, 3.63) is 90.0 Å². The zero-order chi connectivity index (χ0) is 26.6. The summed E-state index contributed by atoms with van der Waals surface area (Å²) < 4.78 is 7.83. The van der Waals surface area contributed by atoms with Crippen LogP contribution in [0.2, 0.25) is 0 Å². The molecule has 3 aromatic heterocycles. The lowest BCUT2D eigenvalue weighted by molar-refractivity contribution is 0.0767. The van der Waals surface area contributed by atoms with Crippen molar-refractivity contribution in [3.8, 4) is 16.9 Å². The van der Waals surface area contributed by atoms with Gasteiger partial charge in [0.1, 0.15) is 18.7 Å². The monoisotopic (exact) mass is 518 g/mol. The van der Waals surface area contributed by atoms with E-state index in [9.17, 15) is 4.79 Å². The molecule has 2 aromatic carbocycles. The topological polar surface area (TPSA) is 84.6 Å². The normalized spacial score (nSPS) is 18.2. The molecule has 1 saturated heterocycles. The first-order chi connectivity index (χ1) is 19.0. The van der Waals surface area contributed by atoms with Gasteiger partial charge in [0.15, 0.2) is 5.65 Å². The highest BCUT2D eigenvalue weighted by molar-refractivity contribution is 5.98. The van der Waals surface area contributed by atoms with Gasteiger partial charge in [0, 0.05) is 34.9 Å². The maximum Gasteiger partial charge on any atom is 0.252 e. The van der Waals surface area contributed by atoms with Crippen LogP contribution >= 0.6 is 0 Å². The van der Waals surface area contributed by atoms with Crippen LogP contribution in [0.3, 0.4) is 0 Å². The second-order valence-corrected chi connectivity index (χ2v) is 10.8. The van der Waals surface area contributed by atoms with Crippen LogP contribution < -0.4 is 10.1 Å². The Morgan fingerprint density at radius 2 is 2.00 bits per heavy atom. The van der Waals surface area contributed by atoms with Crippen LogP contribution in [-0.4, -0.2) is 56.6 Å². The number of aromatic nitrogens is 4. The molecule has 8 heteroatoms.